The van der Waals surface area contributed by atoms with Crippen LogP contribution < -0.4 is 0 Å². The second-order valence-corrected chi connectivity index (χ2v) is 5.18. The van der Waals surface area contributed by atoms with Crippen molar-refractivity contribution in [3.05, 3.63) is 18.2 Å². The maximum atomic E-state index is 11.6. The van der Waals surface area contributed by atoms with Crippen LogP contribution in [0.5, 0.6) is 0 Å². The van der Waals surface area contributed by atoms with E-state index in [1.807, 2.05) is 0 Å². The van der Waals surface area contributed by atoms with Crippen molar-refractivity contribution in [3.63, 3.8) is 0 Å². The molecule has 0 saturated heterocycles. The fraction of sp³-hybridized carbons (Fsp3) is 0.636. The van der Waals surface area contributed by atoms with Crippen LogP contribution in [0.3, 0.4) is 0 Å². The van der Waals surface area contributed by atoms with Crippen molar-refractivity contribution in [2.75, 3.05) is 0 Å². The molecule has 1 heterocycles. The summed E-state index contributed by atoms with van der Waals surface area (Å²) in [5, 5.41) is 9.80. The first-order valence-electron chi connectivity index (χ1n) is 5.30. The lowest BCUT2D eigenvalue weighted by molar-refractivity contribution is 0.0536. The highest BCUT2D eigenvalue weighted by molar-refractivity contribution is 5.70. The molecule has 0 unspecified atom stereocenters. The third-order valence-electron chi connectivity index (χ3n) is 2.39. The van der Waals surface area contributed by atoms with Crippen molar-refractivity contribution in [2.24, 2.45) is 0 Å². The lowest BCUT2D eigenvalue weighted by atomic mass is 10.2. The number of ether oxygens (including phenoxy) is 1. The predicted octanol–water partition coefficient (Wildman–Crippen LogP) is 1.65. The van der Waals surface area contributed by atoms with Gasteiger partial charge in [0.15, 0.2) is 0 Å². The topological polar surface area (TPSA) is 64.4 Å². The number of aromatic nitrogens is 2. The van der Waals surface area contributed by atoms with Crippen LogP contribution in [0, 0.1) is 0 Å². The number of rotatable bonds is 1. The Morgan fingerprint density at radius 1 is 1.56 bits per heavy atom. The molecular formula is C11H16N2O3. The van der Waals surface area contributed by atoms with Gasteiger partial charge in [-0.1, -0.05) is 0 Å². The Morgan fingerprint density at radius 3 is 2.69 bits per heavy atom. The van der Waals surface area contributed by atoms with Crippen molar-refractivity contribution in [1.82, 2.24) is 9.55 Å². The minimum atomic E-state index is -0.812. The Morgan fingerprint density at radius 2 is 2.19 bits per heavy atom. The monoisotopic (exact) mass is 224 g/mol. The zero-order chi connectivity index (χ0) is 12.0. The predicted molar refractivity (Wildman–Crippen MR) is 57.0 cm³/mol. The van der Waals surface area contributed by atoms with E-state index in [4.69, 9.17) is 4.74 Å². The molecule has 2 rings (SSSR count). The highest BCUT2D eigenvalue weighted by atomic mass is 16.6. The van der Waals surface area contributed by atoms with Crippen LogP contribution >= 0.6 is 0 Å². The van der Waals surface area contributed by atoms with E-state index in [0.717, 1.165) is 0 Å². The minimum Gasteiger partial charge on any atom is -0.443 e. The molecule has 0 aliphatic heterocycles. The molecule has 88 valence electrons. The van der Waals surface area contributed by atoms with E-state index >= 15 is 0 Å². The van der Waals surface area contributed by atoms with Crippen molar-refractivity contribution < 1.29 is 14.6 Å². The van der Waals surface area contributed by atoms with E-state index in [1.54, 1.807) is 20.8 Å². The molecule has 0 aromatic carbocycles. The third-order valence-corrected chi connectivity index (χ3v) is 2.39. The second-order valence-electron chi connectivity index (χ2n) is 5.18. The van der Waals surface area contributed by atoms with Gasteiger partial charge in [0.05, 0.1) is 5.69 Å². The molecule has 1 aromatic heterocycles. The van der Waals surface area contributed by atoms with Crippen molar-refractivity contribution in [2.45, 2.75) is 44.8 Å². The van der Waals surface area contributed by atoms with Gasteiger partial charge in [-0.2, -0.15) is 0 Å². The molecule has 16 heavy (non-hydrogen) atoms. The molecule has 1 saturated carbocycles. The summed E-state index contributed by atoms with van der Waals surface area (Å²) in [4.78, 5) is 15.7. The van der Waals surface area contributed by atoms with E-state index < -0.39 is 17.3 Å². The first-order valence-corrected chi connectivity index (χ1v) is 5.30. The molecule has 0 radical (unpaired) electrons. The van der Waals surface area contributed by atoms with E-state index in [1.165, 1.54) is 17.1 Å². The fourth-order valence-electron chi connectivity index (χ4n) is 1.35. The molecule has 1 aromatic rings. The summed E-state index contributed by atoms with van der Waals surface area (Å²) >= 11 is 0. The highest BCUT2D eigenvalue weighted by Crippen LogP contribution is 2.44. The van der Waals surface area contributed by atoms with Gasteiger partial charge in [-0.25, -0.2) is 14.3 Å². The Kier molecular flexibility index (Phi) is 2.31. The molecule has 0 atom stereocenters. The summed E-state index contributed by atoms with van der Waals surface area (Å²) in [7, 11) is 0. The molecule has 5 heteroatoms. The number of imidazole rings is 1. The van der Waals surface area contributed by atoms with Crippen molar-refractivity contribution in [3.8, 4) is 0 Å². The first kappa shape index (κ1) is 11.1. The summed E-state index contributed by atoms with van der Waals surface area (Å²) in [6.07, 6.45) is 3.84. The molecule has 1 fully saturated rings. The minimum absolute atomic E-state index is 0.476. The molecule has 1 aliphatic carbocycles. The smallest absolute Gasteiger partial charge is 0.419 e. The van der Waals surface area contributed by atoms with Gasteiger partial charge in [0.25, 0.3) is 0 Å². The first-order chi connectivity index (χ1) is 7.30. The average molecular weight is 224 g/mol. The standard InChI is InChI=1S/C11H16N2O3/c1-10(2,3)16-9(14)13-6-8(12-7-13)11(15)4-5-11/h6-7,15H,4-5H2,1-3H3. The normalized spacial score (nSPS) is 18.2. The quantitative estimate of drug-likeness (QED) is 0.787. The van der Waals surface area contributed by atoms with E-state index in [-0.39, 0.29) is 0 Å². The molecule has 1 N–H and O–H groups in total. The van der Waals surface area contributed by atoms with Crippen LogP contribution in [0.1, 0.15) is 39.3 Å². The van der Waals surface area contributed by atoms with E-state index in [9.17, 15) is 9.90 Å². The summed E-state index contributed by atoms with van der Waals surface area (Å²) < 4.78 is 6.43. The maximum absolute atomic E-state index is 11.6. The van der Waals surface area contributed by atoms with Gasteiger partial charge in [-0.3, -0.25) is 0 Å². The van der Waals surface area contributed by atoms with Crippen LogP contribution in [0.4, 0.5) is 4.79 Å². The van der Waals surface area contributed by atoms with Gasteiger partial charge in [-0.05, 0) is 33.6 Å². The third kappa shape index (κ3) is 2.24. The lowest BCUT2D eigenvalue weighted by Gasteiger charge is -2.19. The Balaban J connectivity index is 2.10. The molecular weight excluding hydrogens is 208 g/mol. The summed E-state index contributed by atoms with van der Waals surface area (Å²) in [5.41, 5.74) is -0.802. The number of carbonyl (C=O) groups is 1. The van der Waals surface area contributed by atoms with Crippen LogP contribution in [-0.4, -0.2) is 26.4 Å². The molecule has 0 bridgehead atoms. The summed E-state index contributed by atoms with van der Waals surface area (Å²) in [5.74, 6) is 0. The van der Waals surface area contributed by atoms with Gasteiger partial charge in [-0.15, -0.1) is 0 Å². The average Bonchev–Trinajstić information content (AvgIpc) is 2.71. The van der Waals surface area contributed by atoms with Gasteiger partial charge >= 0.3 is 6.09 Å². The molecule has 1 aliphatic rings. The highest BCUT2D eigenvalue weighted by Gasteiger charge is 2.44. The SMILES string of the molecule is CC(C)(C)OC(=O)n1cnc(C2(O)CC2)c1. The van der Waals surface area contributed by atoms with Crippen LogP contribution in [0.2, 0.25) is 0 Å². The number of carbonyl (C=O) groups excluding carboxylic acids is 1. The van der Waals surface area contributed by atoms with E-state index in [2.05, 4.69) is 4.98 Å². The number of hydrogen-bond donors (Lipinski definition) is 1. The van der Waals surface area contributed by atoms with Gasteiger partial charge in [0.1, 0.15) is 17.5 Å². The second kappa shape index (κ2) is 3.31. The summed E-state index contributed by atoms with van der Waals surface area (Å²) in [6, 6.07) is 0. The number of nitrogens with zero attached hydrogens (tertiary/aromatic N) is 2. The maximum Gasteiger partial charge on any atom is 0.419 e. The summed E-state index contributed by atoms with van der Waals surface area (Å²) in [6.45, 7) is 5.41. The Bertz CT molecular complexity index is 413. The van der Waals surface area contributed by atoms with Crippen molar-refractivity contribution in [1.29, 1.82) is 0 Å². The van der Waals surface area contributed by atoms with Gasteiger partial charge in [0.2, 0.25) is 0 Å². The van der Waals surface area contributed by atoms with Gasteiger partial charge < -0.3 is 9.84 Å². The molecule has 5 nitrogen and oxygen atoms in total. The fourth-order valence-corrected chi connectivity index (χ4v) is 1.35. The zero-order valence-electron chi connectivity index (χ0n) is 9.73. The van der Waals surface area contributed by atoms with Crippen LogP contribution in [-0.2, 0) is 10.3 Å². The van der Waals surface area contributed by atoms with Crippen molar-refractivity contribution >= 4 is 6.09 Å². The lowest BCUT2D eigenvalue weighted by Crippen LogP contribution is -2.26. The number of hydrogen-bond acceptors (Lipinski definition) is 4. The Hall–Kier alpha value is -1.36. The van der Waals surface area contributed by atoms with Gasteiger partial charge in [0, 0.05) is 6.20 Å². The van der Waals surface area contributed by atoms with E-state index in [0.29, 0.717) is 18.5 Å². The van der Waals surface area contributed by atoms with Crippen LogP contribution in [0.15, 0.2) is 12.5 Å². The van der Waals surface area contributed by atoms with Crippen LogP contribution in [0.25, 0.3) is 0 Å². The largest absolute Gasteiger partial charge is 0.443 e. The zero-order valence-corrected chi connectivity index (χ0v) is 9.73. The Labute approximate surface area is 94.1 Å². The number of aliphatic hydroxyl groups is 1. The molecule has 0 spiro atoms. The molecule has 0 amide bonds.